The molecule has 0 bridgehead atoms. The van der Waals surface area contributed by atoms with Crippen molar-refractivity contribution in [3.05, 3.63) is 42.5 Å². The molecule has 0 aliphatic carbocycles. The molecule has 12 heteroatoms. The topological polar surface area (TPSA) is 108 Å². The number of nitrogens with one attached hydrogen (secondary N) is 1. The molecular formula is C17H17F3N4O4S. The number of aromatic nitrogens is 3. The molecule has 1 atom stereocenters. The van der Waals surface area contributed by atoms with Gasteiger partial charge in [-0.05, 0) is 18.2 Å². The van der Waals surface area contributed by atoms with Gasteiger partial charge in [-0.15, -0.1) is 11.8 Å². The highest BCUT2D eigenvalue weighted by atomic mass is 32.2. The molecule has 29 heavy (non-hydrogen) atoms. The highest BCUT2D eigenvalue weighted by Crippen LogP contribution is 2.46. The molecule has 2 fully saturated rings. The van der Waals surface area contributed by atoms with Crippen LogP contribution in [0.5, 0.6) is 5.75 Å². The molecule has 2 aliphatic heterocycles. The summed E-state index contributed by atoms with van der Waals surface area (Å²) in [6, 6.07) is 5.52. The van der Waals surface area contributed by atoms with Crippen molar-refractivity contribution in [1.29, 1.82) is 0 Å². The van der Waals surface area contributed by atoms with Gasteiger partial charge in [0.2, 0.25) is 0 Å². The average molecular weight is 430 g/mol. The Hall–Kier alpha value is -2.76. The lowest BCUT2D eigenvalue weighted by molar-refractivity contribution is -0.192. The van der Waals surface area contributed by atoms with Crippen LogP contribution in [0.1, 0.15) is 16.9 Å². The van der Waals surface area contributed by atoms with Crippen molar-refractivity contribution in [1.82, 2.24) is 20.1 Å². The number of hydrogen-bond donors (Lipinski definition) is 2. The van der Waals surface area contributed by atoms with Gasteiger partial charge in [-0.2, -0.15) is 18.3 Å². The number of H-pyrrole nitrogens is 1. The first-order chi connectivity index (χ1) is 13.7. The van der Waals surface area contributed by atoms with Gasteiger partial charge in [0.05, 0.1) is 10.9 Å². The van der Waals surface area contributed by atoms with E-state index in [2.05, 4.69) is 15.2 Å². The van der Waals surface area contributed by atoms with Gasteiger partial charge in [-0.1, -0.05) is 0 Å². The van der Waals surface area contributed by atoms with Crippen LogP contribution in [0.3, 0.4) is 0 Å². The van der Waals surface area contributed by atoms with Crippen LogP contribution in [0.4, 0.5) is 13.2 Å². The van der Waals surface area contributed by atoms with Crippen molar-refractivity contribution < 1.29 is 32.6 Å². The first-order valence-corrected chi connectivity index (χ1v) is 9.46. The number of rotatable bonds is 3. The SMILES string of the molecule is O=C(O)C(F)(F)F.O=C(c1ccn[nH]1)N1CC2(CC(Oc3cccnc3)CS2)C1. The van der Waals surface area contributed by atoms with Crippen LogP contribution >= 0.6 is 11.8 Å². The van der Waals surface area contributed by atoms with Gasteiger partial charge in [0.1, 0.15) is 17.5 Å². The molecule has 0 radical (unpaired) electrons. The number of carbonyl (C=O) groups is 2. The smallest absolute Gasteiger partial charge is 0.488 e. The number of aromatic amines is 1. The zero-order valence-corrected chi connectivity index (χ0v) is 15.7. The Labute approximate surface area is 167 Å². The summed E-state index contributed by atoms with van der Waals surface area (Å²) in [5, 5.41) is 13.7. The van der Waals surface area contributed by atoms with E-state index >= 15 is 0 Å². The fourth-order valence-electron chi connectivity index (χ4n) is 3.05. The van der Waals surface area contributed by atoms with E-state index in [0.717, 1.165) is 31.0 Å². The summed E-state index contributed by atoms with van der Waals surface area (Å²) >= 11 is 1.91. The van der Waals surface area contributed by atoms with E-state index in [9.17, 15) is 18.0 Å². The fourth-order valence-corrected chi connectivity index (χ4v) is 4.57. The largest absolute Gasteiger partial charge is 0.490 e. The molecule has 8 nitrogen and oxygen atoms in total. The second-order valence-electron chi connectivity index (χ2n) is 6.56. The minimum atomic E-state index is -5.08. The van der Waals surface area contributed by atoms with E-state index < -0.39 is 12.1 Å². The first kappa shape index (κ1) is 21.0. The van der Waals surface area contributed by atoms with Crippen LogP contribution in [0.15, 0.2) is 36.8 Å². The molecule has 0 aromatic carbocycles. The Kier molecular flexibility index (Phi) is 6.01. The third-order valence-corrected chi connectivity index (χ3v) is 5.91. The van der Waals surface area contributed by atoms with Gasteiger partial charge in [0.15, 0.2) is 0 Å². The summed E-state index contributed by atoms with van der Waals surface area (Å²) in [6.07, 6.45) is 1.16. The molecule has 0 saturated carbocycles. The maximum atomic E-state index is 12.2. The lowest BCUT2D eigenvalue weighted by atomic mass is 9.92. The Balaban J connectivity index is 0.000000298. The van der Waals surface area contributed by atoms with E-state index in [4.69, 9.17) is 14.6 Å². The summed E-state index contributed by atoms with van der Waals surface area (Å²) in [6.45, 7) is 1.56. The third kappa shape index (κ3) is 5.19. The minimum Gasteiger partial charge on any atom is -0.488 e. The van der Waals surface area contributed by atoms with E-state index in [0.29, 0.717) is 5.69 Å². The second kappa shape index (κ2) is 8.31. The number of carboxylic acid groups (broad SMARTS) is 1. The number of likely N-dealkylation sites (tertiary alicyclic amines) is 1. The number of carboxylic acids is 1. The molecule has 1 unspecified atom stereocenters. The number of thioether (sulfide) groups is 1. The molecular weight excluding hydrogens is 413 g/mol. The predicted octanol–water partition coefficient (Wildman–Crippen LogP) is 2.22. The quantitative estimate of drug-likeness (QED) is 0.769. The van der Waals surface area contributed by atoms with Gasteiger partial charge >= 0.3 is 12.1 Å². The summed E-state index contributed by atoms with van der Waals surface area (Å²) in [4.78, 5) is 27.0. The van der Waals surface area contributed by atoms with Crippen molar-refractivity contribution in [2.45, 2.75) is 23.4 Å². The molecule has 2 aliphatic rings. The second-order valence-corrected chi connectivity index (χ2v) is 8.05. The first-order valence-electron chi connectivity index (χ1n) is 8.48. The highest BCUT2D eigenvalue weighted by molar-refractivity contribution is 8.01. The van der Waals surface area contributed by atoms with E-state index in [1.807, 2.05) is 28.8 Å². The number of aliphatic carboxylic acids is 1. The maximum absolute atomic E-state index is 12.2. The van der Waals surface area contributed by atoms with Crippen LogP contribution in [0, 0.1) is 0 Å². The predicted molar refractivity (Wildman–Crippen MR) is 96.6 cm³/mol. The van der Waals surface area contributed by atoms with Crippen molar-refractivity contribution >= 4 is 23.6 Å². The number of hydrogen-bond acceptors (Lipinski definition) is 6. The van der Waals surface area contributed by atoms with E-state index in [1.165, 1.54) is 0 Å². The summed E-state index contributed by atoms with van der Waals surface area (Å²) in [5.74, 6) is -0.955. The zero-order chi connectivity index (χ0) is 21.1. The molecule has 156 valence electrons. The molecule has 2 N–H and O–H groups in total. The van der Waals surface area contributed by atoms with Gasteiger partial charge in [0, 0.05) is 37.7 Å². The number of amides is 1. The molecule has 2 aromatic heterocycles. The van der Waals surface area contributed by atoms with Crippen LogP contribution in [0.25, 0.3) is 0 Å². The van der Waals surface area contributed by atoms with Crippen LogP contribution < -0.4 is 4.74 Å². The highest BCUT2D eigenvalue weighted by Gasteiger charge is 2.51. The van der Waals surface area contributed by atoms with E-state index in [-0.39, 0.29) is 16.8 Å². The van der Waals surface area contributed by atoms with Crippen molar-refractivity contribution in [2.24, 2.45) is 0 Å². The number of halogens is 3. The zero-order valence-electron chi connectivity index (χ0n) is 14.9. The number of carbonyl (C=O) groups excluding carboxylic acids is 1. The molecule has 1 amide bonds. The monoisotopic (exact) mass is 430 g/mol. The maximum Gasteiger partial charge on any atom is 0.490 e. The number of nitrogens with zero attached hydrogens (tertiary/aromatic N) is 3. The molecule has 2 saturated heterocycles. The molecule has 4 heterocycles. The normalized spacial score (nSPS) is 19.8. The summed E-state index contributed by atoms with van der Waals surface area (Å²) < 4.78 is 37.9. The summed E-state index contributed by atoms with van der Waals surface area (Å²) in [5.41, 5.74) is 0.556. The molecule has 1 spiro atoms. The average Bonchev–Trinajstić information content (AvgIpc) is 3.31. The number of alkyl halides is 3. The number of ether oxygens (including phenoxy) is 1. The summed E-state index contributed by atoms with van der Waals surface area (Å²) in [7, 11) is 0. The Morgan fingerprint density at radius 2 is 2.03 bits per heavy atom. The Bertz CT molecular complexity index is 842. The van der Waals surface area contributed by atoms with Gasteiger partial charge in [0.25, 0.3) is 5.91 Å². The molecule has 2 aromatic rings. The fraction of sp³-hybridized carbons (Fsp3) is 0.412. The van der Waals surface area contributed by atoms with Crippen molar-refractivity contribution in [2.75, 3.05) is 18.8 Å². The van der Waals surface area contributed by atoms with Crippen LogP contribution in [-0.2, 0) is 4.79 Å². The lowest BCUT2D eigenvalue weighted by Gasteiger charge is -2.47. The van der Waals surface area contributed by atoms with Gasteiger partial charge < -0.3 is 14.7 Å². The Morgan fingerprint density at radius 1 is 1.31 bits per heavy atom. The van der Waals surface area contributed by atoms with Crippen molar-refractivity contribution in [3.8, 4) is 5.75 Å². The lowest BCUT2D eigenvalue weighted by Crippen LogP contribution is -2.60. The third-order valence-electron chi connectivity index (χ3n) is 4.33. The van der Waals surface area contributed by atoms with Crippen LogP contribution in [-0.4, -0.2) is 72.9 Å². The van der Waals surface area contributed by atoms with E-state index in [1.54, 1.807) is 24.7 Å². The van der Waals surface area contributed by atoms with Gasteiger partial charge in [-0.25, -0.2) is 4.79 Å². The van der Waals surface area contributed by atoms with Crippen LogP contribution in [0.2, 0.25) is 0 Å². The Morgan fingerprint density at radius 3 is 2.59 bits per heavy atom. The standard InChI is InChI=1S/C15H16N4O2S.C2HF3O2/c20-14(13-3-5-17-18-13)19-9-15(10-19)6-12(8-22-15)21-11-2-1-4-16-7-11;3-2(4,5)1(6)7/h1-5,7,12H,6,8-10H2,(H,17,18);(H,6,7). The van der Waals surface area contributed by atoms with Gasteiger partial charge in [-0.3, -0.25) is 14.9 Å². The minimum absolute atomic E-state index is 0.0281. The molecule has 4 rings (SSSR count). The number of pyridine rings is 1. The van der Waals surface area contributed by atoms with Crippen molar-refractivity contribution in [3.63, 3.8) is 0 Å².